The first-order chi connectivity index (χ1) is 3.81. The van der Waals surface area contributed by atoms with Gasteiger partial charge in [-0.15, -0.1) is 0 Å². The number of hydrogen-bond donors (Lipinski definition) is 2. The second-order valence-corrected chi connectivity index (χ2v) is 1.15. The zero-order chi connectivity index (χ0) is 6.99. The van der Waals surface area contributed by atoms with Crippen molar-refractivity contribution >= 4 is 18.5 Å². The lowest BCUT2D eigenvalue weighted by molar-refractivity contribution is -0.118. The van der Waals surface area contributed by atoms with Crippen molar-refractivity contribution in [2.45, 2.75) is 13.8 Å². The van der Waals surface area contributed by atoms with Crippen LogP contribution in [0.5, 0.6) is 0 Å². The fourth-order valence-corrected chi connectivity index (χ4v) is 0.237. The highest BCUT2D eigenvalue weighted by Gasteiger charge is 1.85. The van der Waals surface area contributed by atoms with E-state index in [0.29, 0.717) is 0 Å². The summed E-state index contributed by atoms with van der Waals surface area (Å²) in [5.41, 5.74) is 0. The molecule has 0 aromatic rings. The van der Waals surface area contributed by atoms with E-state index < -0.39 is 0 Å². The predicted octanol–water partition coefficient (Wildman–Crippen LogP) is 0.934. The lowest BCUT2D eigenvalue weighted by atomic mass is 10.7. The fourth-order valence-electron chi connectivity index (χ4n) is 0.0791. The van der Waals surface area contributed by atoms with Crippen LogP contribution in [0.2, 0.25) is 0 Å². The summed E-state index contributed by atoms with van der Waals surface area (Å²) >= 11 is 3.68. The summed E-state index contributed by atoms with van der Waals surface area (Å²) in [5.74, 6) is 0.231. The topological polar surface area (TPSA) is 29.1 Å². The van der Waals surface area contributed by atoms with Gasteiger partial charge < -0.3 is 5.32 Å². The molecule has 0 bridgehead atoms. The fraction of sp³-hybridized carbons (Fsp3) is 0.800. The van der Waals surface area contributed by atoms with Crippen molar-refractivity contribution in [2.24, 2.45) is 0 Å². The van der Waals surface area contributed by atoms with Gasteiger partial charge in [0.25, 0.3) is 0 Å². The van der Waals surface area contributed by atoms with Gasteiger partial charge in [0.05, 0.1) is 5.75 Å². The zero-order valence-electron chi connectivity index (χ0n) is 5.56. The molecule has 0 fully saturated rings. The quantitative estimate of drug-likeness (QED) is 0.517. The number of carbonyl (C=O) groups excluding carboxylic acids is 1. The highest BCUT2D eigenvalue weighted by molar-refractivity contribution is 7.81. The van der Waals surface area contributed by atoms with E-state index in [-0.39, 0.29) is 13.1 Å². The maximum atomic E-state index is 9.99. The summed E-state index contributed by atoms with van der Waals surface area (Å²) in [4.78, 5) is 9.99. The average Bonchev–Trinajstić information content (AvgIpc) is 1.91. The van der Waals surface area contributed by atoms with E-state index in [2.05, 4.69) is 17.9 Å². The smallest absolute Gasteiger partial charge is 0.229 e. The number of hydrogen-bond acceptors (Lipinski definition) is 2. The third-order valence-electron chi connectivity index (χ3n) is 0.422. The first-order valence-electron chi connectivity index (χ1n) is 2.62. The molecule has 0 aromatic heterocycles. The molecule has 0 radical (unpaired) electrons. The normalized spacial score (nSPS) is 6.50. The van der Waals surface area contributed by atoms with E-state index >= 15 is 0 Å². The second-order valence-electron chi connectivity index (χ2n) is 0.831. The Bertz CT molecular complexity index is 54.9. The largest absolute Gasteiger partial charge is 0.358 e. The van der Waals surface area contributed by atoms with E-state index in [4.69, 9.17) is 0 Å². The van der Waals surface area contributed by atoms with Gasteiger partial charge in [-0.05, 0) is 0 Å². The molecule has 0 atom stereocenters. The van der Waals surface area contributed by atoms with Crippen LogP contribution in [0.1, 0.15) is 15.3 Å². The Morgan fingerprint density at radius 2 is 2.12 bits per heavy atom. The third-order valence-corrected chi connectivity index (χ3v) is 0.710. The highest BCUT2D eigenvalue weighted by atomic mass is 32.1. The van der Waals surface area contributed by atoms with Crippen LogP contribution in [-0.4, -0.2) is 18.7 Å². The molecule has 3 heteroatoms. The van der Waals surface area contributed by atoms with E-state index in [1.165, 1.54) is 0 Å². The van der Waals surface area contributed by atoms with Gasteiger partial charge in [-0.3, -0.25) is 4.79 Å². The van der Waals surface area contributed by atoms with Gasteiger partial charge >= 0.3 is 0 Å². The molecule has 0 aliphatic heterocycles. The summed E-state index contributed by atoms with van der Waals surface area (Å²) in [6.07, 6.45) is 0. The van der Waals surface area contributed by atoms with Gasteiger partial charge in [0, 0.05) is 8.47 Å². The second kappa shape index (κ2) is 9.94. The molecule has 0 rings (SSSR count). The van der Waals surface area contributed by atoms with Gasteiger partial charge in [0.1, 0.15) is 0 Å². The molecule has 1 amide bonds. The number of nitrogens with one attached hydrogen (secondary N) is 1. The molecular formula is C5H15NOS. The number of carbonyl (C=O) groups is 1. The highest BCUT2D eigenvalue weighted by Crippen LogP contribution is 1.67. The van der Waals surface area contributed by atoms with Gasteiger partial charge in [0.2, 0.25) is 5.91 Å². The van der Waals surface area contributed by atoms with Crippen molar-refractivity contribution in [2.75, 3.05) is 12.8 Å². The van der Waals surface area contributed by atoms with Crippen LogP contribution < -0.4 is 5.32 Å². The van der Waals surface area contributed by atoms with Gasteiger partial charge in [-0.1, -0.05) is 13.8 Å². The van der Waals surface area contributed by atoms with Crippen LogP contribution in [0, 0.1) is 0 Å². The summed E-state index contributed by atoms with van der Waals surface area (Å²) in [5, 5.41) is 2.40. The molecule has 0 aliphatic rings. The molecular weight excluding hydrogens is 122 g/mol. The van der Waals surface area contributed by atoms with Gasteiger partial charge in [-0.25, -0.2) is 0 Å². The monoisotopic (exact) mass is 137 g/mol. The van der Waals surface area contributed by atoms with Crippen molar-refractivity contribution in [3.63, 3.8) is 0 Å². The van der Waals surface area contributed by atoms with Crippen molar-refractivity contribution in [3.05, 3.63) is 0 Å². The molecule has 0 spiro atoms. The molecule has 2 nitrogen and oxygen atoms in total. The minimum Gasteiger partial charge on any atom is -0.358 e. The van der Waals surface area contributed by atoms with Crippen LogP contribution in [0.3, 0.4) is 0 Å². The van der Waals surface area contributed by atoms with Crippen molar-refractivity contribution in [1.82, 2.24) is 5.32 Å². The Morgan fingerprint density at radius 3 is 2.12 bits per heavy atom. The maximum absolute atomic E-state index is 9.99. The van der Waals surface area contributed by atoms with Crippen molar-refractivity contribution in [1.29, 1.82) is 0 Å². The number of amides is 1. The van der Waals surface area contributed by atoms with E-state index in [1.807, 2.05) is 13.8 Å². The van der Waals surface area contributed by atoms with Gasteiger partial charge in [0.15, 0.2) is 0 Å². The van der Waals surface area contributed by atoms with E-state index in [1.54, 1.807) is 7.05 Å². The van der Waals surface area contributed by atoms with E-state index in [9.17, 15) is 4.79 Å². The number of thiol groups is 1. The molecule has 0 saturated carbocycles. The first-order valence-corrected chi connectivity index (χ1v) is 3.26. The molecule has 0 aliphatic carbocycles. The summed E-state index contributed by atoms with van der Waals surface area (Å²) in [7, 11) is 1.58. The molecule has 0 unspecified atom stereocenters. The van der Waals surface area contributed by atoms with Crippen molar-refractivity contribution in [3.8, 4) is 0 Å². The maximum Gasteiger partial charge on any atom is 0.229 e. The summed E-state index contributed by atoms with van der Waals surface area (Å²) in [6, 6.07) is 0. The Hall–Kier alpha value is -0.180. The Labute approximate surface area is 57.6 Å². The minimum atomic E-state index is -0.0432. The Morgan fingerprint density at radius 1 is 1.75 bits per heavy atom. The number of rotatable bonds is 1. The molecule has 52 valence electrons. The minimum absolute atomic E-state index is 0. The van der Waals surface area contributed by atoms with Crippen LogP contribution in [0.25, 0.3) is 0 Å². The SMILES string of the molecule is CC.CNC(=O)CS.[HH]. The lowest BCUT2D eigenvalue weighted by Gasteiger charge is -1.86. The van der Waals surface area contributed by atoms with Crippen LogP contribution in [-0.2, 0) is 4.79 Å². The van der Waals surface area contributed by atoms with Gasteiger partial charge in [-0.2, -0.15) is 12.6 Å². The van der Waals surface area contributed by atoms with Crippen LogP contribution in [0.4, 0.5) is 0 Å². The van der Waals surface area contributed by atoms with Crippen LogP contribution >= 0.6 is 12.6 Å². The summed E-state index contributed by atoms with van der Waals surface area (Å²) in [6.45, 7) is 4.00. The Kier molecular flexibility index (Phi) is 13.3. The zero-order valence-corrected chi connectivity index (χ0v) is 6.46. The Balaban J connectivity index is -0.000000109. The molecule has 0 saturated heterocycles. The average molecular weight is 137 g/mol. The van der Waals surface area contributed by atoms with Crippen LogP contribution in [0.15, 0.2) is 0 Å². The summed E-state index contributed by atoms with van der Waals surface area (Å²) < 4.78 is 0. The van der Waals surface area contributed by atoms with E-state index in [0.717, 1.165) is 0 Å². The van der Waals surface area contributed by atoms with Crippen molar-refractivity contribution < 1.29 is 6.22 Å². The predicted molar refractivity (Wildman–Crippen MR) is 41.4 cm³/mol. The molecule has 1 N–H and O–H groups in total. The molecule has 8 heavy (non-hydrogen) atoms. The molecule has 0 heterocycles. The molecule has 0 aromatic carbocycles. The standard InChI is InChI=1S/C3H7NOS.C2H6.H2/c1-4-3(5)2-6;1-2;/h6H,2H2,1H3,(H,4,5);1-2H3;1H. The third kappa shape index (κ3) is 9.27. The lowest BCUT2D eigenvalue weighted by Crippen LogP contribution is -2.18. The first kappa shape index (κ1) is 10.7.